The SMILES string of the molecule is CC(=Cc1nc(-c2cc(N)ncn2)no1)C(C)(C)C. The van der Waals surface area contributed by atoms with Gasteiger partial charge in [0.2, 0.25) is 5.82 Å². The molecule has 0 unspecified atom stereocenters. The third-order valence-electron chi connectivity index (χ3n) is 2.88. The second-order valence-electron chi connectivity index (χ2n) is 5.36. The molecule has 0 spiro atoms. The van der Waals surface area contributed by atoms with Gasteiger partial charge in [-0.05, 0) is 12.3 Å². The molecule has 0 radical (unpaired) electrons. The van der Waals surface area contributed by atoms with Crippen LogP contribution in [0.3, 0.4) is 0 Å². The molecule has 100 valence electrons. The predicted molar refractivity (Wildman–Crippen MR) is 72.8 cm³/mol. The molecule has 2 N–H and O–H groups in total. The van der Waals surface area contributed by atoms with Gasteiger partial charge in [0, 0.05) is 12.1 Å². The molecule has 2 aromatic heterocycles. The molecular formula is C13H17N5O. The van der Waals surface area contributed by atoms with Gasteiger partial charge < -0.3 is 10.3 Å². The van der Waals surface area contributed by atoms with Crippen molar-refractivity contribution in [3.05, 3.63) is 23.9 Å². The van der Waals surface area contributed by atoms with Crippen LogP contribution >= 0.6 is 0 Å². The molecule has 19 heavy (non-hydrogen) atoms. The van der Waals surface area contributed by atoms with E-state index in [0.29, 0.717) is 23.2 Å². The molecule has 2 rings (SSSR count). The number of anilines is 1. The van der Waals surface area contributed by atoms with Crippen molar-refractivity contribution < 1.29 is 4.52 Å². The van der Waals surface area contributed by atoms with Gasteiger partial charge in [-0.3, -0.25) is 0 Å². The zero-order valence-corrected chi connectivity index (χ0v) is 11.5. The Balaban J connectivity index is 2.30. The van der Waals surface area contributed by atoms with E-state index in [-0.39, 0.29) is 5.41 Å². The van der Waals surface area contributed by atoms with E-state index in [1.807, 2.05) is 13.0 Å². The Morgan fingerprint density at radius 3 is 2.68 bits per heavy atom. The monoisotopic (exact) mass is 259 g/mol. The minimum atomic E-state index is 0.0635. The molecule has 0 atom stereocenters. The summed E-state index contributed by atoms with van der Waals surface area (Å²) in [6.45, 7) is 8.41. The molecule has 0 aromatic carbocycles. The molecule has 0 aliphatic heterocycles. The summed E-state index contributed by atoms with van der Waals surface area (Å²) in [5, 5.41) is 3.89. The minimum absolute atomic E-state index is 0.0635. The Bertz CT molecular complexity index is 609. The van der Waals surface area contributed by atoms with Crippen LogP contribution in [0.5, 0.6) is 0 Å². The highest BCUT2D eigenvalue weighted by molar-refractivity contribution is 5.54. The van der Waals surface area contributed by atoms with E-state index in [4.69, 9.17) is 10.3 Å². The highest BCUT2D eigenvalue weighted by Gasteiger charge is 2.15. The fourth-order valence-corrected chi connectivity index (χ4v) is 1.29. The lowest BCUT2D eigenvalue weighted by molar-refractivity contribution is 0.409. The molecule has 6 heteroatoms. The van der Waals surface area contributed by atoms with E-state index in [1.165, 1.54) is 6.33 Å². The lowest BCUT2D eigenvalue weighted by Crippen LogP contribution is -2.05. The van der Waals surface area contributed by atoms with Crippen molar-refractivity contribution in [1.29, 1.82) is 0 Å². The highest BCUT2D eigenvalue weighted by atomic mass is 16.5. The maximum Gasteiger partial charge on any atom is 0.250 e. The van der Waals surface area contributed by atoms with E-state index >= 15 is 0 Å². The van der Waals surface area contributed by atoms with Gasteiger partial charge in [-0.2, -0.15) is 4.98 Å². The van der Waals surface area contributed by atoms with Crippen molar-refractivity contribution in [2.75, 3.05) is 5.73 Å². The number of rotatable bonds is 2. The van der Waals surface area contributed by atoms with Crippen LogP contribution in [-0.4, -0.2) is 20.1 Å². The largest absolute Gasteiger partial charge is 0.384 e. The average Bonchev–Trinajstić information content (AvgIpc) is 2.76. The van der Waals surface area contributed by atoms with Crippen molar-refractivity contribution in [3.63, 3.8) is 0 Å². The van der Waals surface area contributed by atoms with Crippen LogP contribution in [0.15, 0.2) is 22.5 Å². The van der Waals surface area contributed by atoms with Gasteiger partial charge in [0.1, 0.15) is 17.8 Å². The Kier molecular flexibility index (Phi) is 3.33. The summed E-state index contributed by atoms with van der Waals surface area (Å²) in [6, 6.07) is 1.61. The molecular weight excluding hydrogens is 242 g/mol. The van der Waals surface area contributed by atoms with Gasteiger partial charge in [0.25, 0.3) is 5.89 Å². The first-order valence-electron chi connectivity index (χ1n) is 5.96. The fourth-order valence-electron chi connectivity index (χ4n) is 1.29. The van der Waals surface area contributed by atoms with Crippen LogP contribution < -0.4 is 5.73 Å². The first-order chi connectivity index (χ1) is 8.86. The first-order valence-corrected chi connectivity index (χ1v) is 5.96. The van der Waals surface area contributed by atoms with E-state index in [0.717, 1.165) is 5.57 Å². The molecule has 0 saturated heterocycles. The number of nitrogen functional groups attached to an aromatic ring is 1. The van der Waals surface area contributed by atoms with Gasteiger partial charge in [0.05, 0.1) is 0 Å². The third kappa shape index (κ3) is 3.15. The van der Waals surface area contributed by atoms with Crippen LogP contribution in [0, 0.1) is 5.41 Å². The summed E-state index contributed by atoms with van der Waals surface area (Å²) in [7, 11) is 0. The van der Waals surface area contributed by atoms with E-state index in [1.54, 1.807) is 6.07 Å². The van der Waals surface area contributed by atoms with Gasteiger partial charge in [-0.25, -0.2) is 9.97 Å². The average molecular weight is 259 g/mol. The van der Waals surface area contributed by atoms with E-state index in [2.05, 4.69) is 40.9 Å². The van der Waals surface area contributed by atoms with Gasteiger partial charge in [-0.15, -0.1) is 0 Å². The molecule has 0 bridgehead atoms. The molecule has 2 aromatic rings. The van der Waals surface area contributed by atoms with Crippen LogP contribution in [0.4, 0.5) is 5.82 Å². The van der Waals surface area contributed by atoms with Gasteiger partial charge in [-0.1, -0.05) is 31.5 Å². The zero-order chi connectivity index (χ0) is 14.0. The smallest absolute Gasteiger partial charge is 0.250 e. The summed E-state index contributed by atoms with van der Waals surface area (Å²) in [6.07, 6.45) is 3.25. The Hall–Kier alpha value is -2.24. The van der Waals surface area contributed by atoms with Crippen molar-refractivity contribution in [2.45, 2.75) is 27.7 Å². The van der Waals surface area contributed by atoms with Crippen molar-refractivity contribution in [1.82, 2.24) is 20.1 Å². The quantitative estimate of drug-likeness (QED) is 0.891. The van der Waals surface area contributed by atoms with Crippen LogP contribution in [0.2, 0.25) is 0 Å². The lowest BCUT2D eigenvalue weighted by Gasteiger charge is -2.18. The maximum absolute atomic E-state index is 5.59. The van der Waals surface area contributed by atoms with Crippen LogP contribution in [-0.2, 0) is 0 Å². The summed E-state index contributed by atoms with van der Waals surface area (Å²) >= 11 is 0. The van der Waals surface area contributed by atoms with Crippen molar-refractivity contribution >= 4 is 11.9 Å². The second-order valence-corrected chi connectivity index (χ2v) is 5.36. The molecule has 0 aliphatic rings. The molecule has 0 aliphatic carbocycles. The Labute approximate surface area is 111 Å². The van der Waals surface area contributed by atoms with Crippen molar-refractivity contribution in [2.24, 2.45) is 5.41 Å². The number of allylic oxidation sites excluding steroid dienone is 1. The van der Waals surface area contributed by atoms with Crippen LogP contribution in [0.25, 0.3) is 17.6 Å². The molecule has 6 nitrogen and oxygen atoms in total. The predicted octanol–water partition coefficient (Wildman–Crippen LogP) is 2.56. The summed E-state index contributed by atoms with van der Waals surface area (Å²) < 4.78 is 5.19. The van der Waals surface area contributed by atoms with Crippen molar-refractivity contribution in [3.8, 4) is 11.5 Å². The van der Waals surface area contributed by atoms with Crippen LogP contribution in [0.1, 0.15) is 33.6 Å². The topological polar surface area (TPSA) is 90.7 Å². The number of nitrogens with zero attached hydrogens (tertiary/aromatic N) is 4. The second kappa shape index (κ2) is 4.79. The number of hydrogen-bond acceptors (Lipinski definition) is 6. The van der Waals surface area contributed by atoms with Gasteiger partial charge in [0.15, 0.2) is 0 Å². The molecule has 0 amide bonds. The summed E-state index contributed by atoms with van der Waals surface area (Å²) in [4.78, 5) is 12.2. The maximum atomic E-state index is 5.59. The number of aromatic nitrogens is 4. The molecule has 2 heterocycles. The van der Waals surface area contributed by atoms with E-state index in [9.17, 15) is 0 Å². The summed E-state index contributed by atoms with van der Waals surface area (Å²) in [5.41, 5.74) is 7.36. The Morgan fingerprint density at radius 1 is 1.32 bits per heavy atom. The first kappa shape index (κ1) is 13.2. The third-order valence-corrected chi connectivity index (χ3v) is 2.88. The lowest BCUT2D eigenvalue weighted by atomic mass is 9.87. The minimum Gasteiger partial charge on any atom is -0.384 e. The molecule has 0 fully saturated rings. The number of nitrogens with two attached hydrogens (primary N) is 1. The van der Waals surface area contributed by atoms with E-state index < -0.39 is 0 Å². The highest BCUT2D eigenvalue weighted by Crippen LogP contribution is 2.26. The summed E-state index contributed by atoms with van der Waals surface area (Å²) in [5.74, 6) is 1.24. The standard InChI is InChI=1S/C13H17N5O/c1-8(13(2,3)4)5-11-17-12(18-19-11)9-6-10(14)16-7-15-9/h5-7H,1-4H3,(H2,14,15,16). The Morgan fingerprint density at radius 2 is 2.05 bits per heavy atom. The molecule has 0 saturated carbocycles. The zero-order valence-electron chi connectivity index (χ0n) is 11.5. The normalized spacial score (nSPS) is 12.7. The number of hydrogen-bond donors (Lipinski definition) is 1. The van der Waals surface area contributed by atoms with Gasteiger partial charge >= 0.3 is 0 Å². The fraction of sp³-hybridized carbons (Fsp3) is 0.385.